The Morgan fingerprint density at radius 2 is 1.95 bits per heavy atom. The summed E-state index contributed by atoms with van der Waals surface area (Å²) in [6.07, 6.45) is 1.88. The van der Waals surface area contributed by atoms with E-state index >= 15 is 0 Å². The molecule has 2 N–H and O–H groups in total. The molecule has 1 amide bonds. The van der Waals surface area contributed by atoms with E-state index in [2.05, 4.69) is 10.3 Å². The van der Waals surface area contributed by atoms with Crippen LogP contribution in [0.2, 0.25) is 0 Å². The standard InChI is InChI=1S/C16H16F2N2O2/c1-9-5-12(8-19-7-9)16(22)20-10(2)15(21)11-3-4-13(17)14(18)6-11/h3-8,10,15,21H,1-2H3,(H,20,22). The molecule has 0 spiro atoms. The molecule has 0 fully saturated rings. The monoisotopic (exact) mass is 306 g/mol. The minimum Gasteiger partial charge on any atom is -0.386 e. The Labute approximate surface area is 126 Å². The molecule has 0 saturated heterocycles. The Bertz CT molecular complexity index is 692. The third kappa shape index (κ3) is 3.65. The lowest BCUT2D eigenvalue weighted by molar-refractivity contribution is 0.0851. The number of benzene rings is 1. The van der Waals surface area contributed by atoms with E-state index in [0.29, 0.717) is 5.56 Å². The van der Waals surface area contributed by atoms with Gasteiger partial charge in [0.25, 0.3) is 5.91 Å². The fourth-order valence-corrected chi connectivity index (χ4v) is 2.03. The molecule has 0 bridgehead atoms. The van der Waals surface area contributed by atoms with Crippen LogP contribution in [0.3, 0.4) is 0 Å². The van der Waals surface area contributed by atoms with E-state index in [1.807, 2.05) is 6.92 Å². The lowest BCUT2D eigenvalue weighted by Gasteiger charge is -2.20. The van der Waals surface area contributed by atoms with Crippen LogP contribution in [-0.4, -0.2) is 22.0 Å². The molecule has 6 heteroatoms. The molecule has 0 aliphatic heterocycles. The SMILES string of the molecule is Cc1cncc(C(=O)NC(C)C(O)c2ccc(F)c(F)c2)c1. The number of carbonyl (C=O) groups excluding carboxylic acids is 1. The number of nitrogens with one attached hydrogen (secondary N) is 1. The fourth-order valence-electron chi connectivity index (χ4n) is 2.03. The molecule has 0 saturated carbocycles. The van der Waals surface area contributed by atoms with Crippen molar-refractivity contribution in [2.24, 2.45) is 0 Å². The summed E-state index contributed by atoms with van der Waals surface area (Å²) < 4.78 is 26.1. The van der Waals surface area contributed by atoms with Crippen LogP contribution >= 0.6 is 0 Å². The van der Waals surface area contributed by atoms with Crippen molar-refractivity contribution in [2.75, 3.05) is 0 Å². The number of aryl methyl sites for hydroxylation is 1. The van der Waals surface area contributed by atoms with Gasteiger partial charge in [-0.05, 0) is 43.2 Å². The number of halogens is 2. The molecule has 2 unspecified atom stereocenters. The third-order valence-corrected chi connectivity index (χ3v) is 3.25. The van der Waals surface area contributed by atoms with Crippen molar-refractivity contribution in [3.63, 3.8) is 0 Å². The van der Waals surface area contributed by atoms with Gasteiger partial charge in [-0.3, -0.25) is 9.78 Å². The summed E-state index contributed by atoms with van der Waals surface area (Å²) in [5.41, 5.74) is 1.39. The van der Waals surface area contributed by atoms with Gasteiger partial charge in [0.15, 0.2) is 11.6 Å². The highest BCUT2D eigenvalue weighted by Gasteiger charge is 2.20. The minimum atomic E-state index is -1.16. The zero-order chi connectivity index (χ0) is 16.3. The first kappa shape index (κ1) is 16.0. The van der Waals surface area contributed by atoms with Gasteiger partial charge >= 0.3 is 0 Å². The normalized spacial score (nSPS) is 13.5. The first-order valence-electron chi connectivity index (χ1n) is 6.74. The maximum atomic E-state index is 13.2. The predicted octanol–water partition coefficient (Wildman–Crippen LogP) is 2.52. The molecule has 116 valence electrons. The third-order valence-electron chi connectivity index (χ3n) is 3.25. The summed E-state index contributed by atoms with van der Waals surface area (Å²) in [4.78, 5) is 16.0. The number of hydrogen-bond acceptors (Lipinski definition) is 3. The van der Waals surface area contributed by atoms with Crippen molar-refractivity contribution < 1.29 is 18.7 Å². The van der Waals surface area contributed by atoms with Gasteiger partial charge in [-0.2, -0.15) is 0 Å². The smallest absolute Gasteiger partial charge is 0.253 e. The summed E-state index contributed by atoms with van der Waals surface area (Å²) >= 11 is 0. The highest BCUT2D eigenvalue weighted by atomic mass is 19.2. The molecule has 1 aromatic heterocycles. The molecule has 0 radical (unpaired) electrons. The molecule has 0 aliphatic rings. The van der Waals surface area contributed by atoms with E-state index in [4.69, 9.17) is 0 Å². The molecule has 2 aromatic rings. The zero-order valence-electron chi connectivity index (χ0n) is 12.2. The Kier molecular flexibility index (Phi) is 4.82. The van der Waals surface area contributed by atoms with E-state index in [1.54, 1.807) is 19.2 Å². The number of amides is 1. The lowest BCUT2D eigenvalue weighted by Crippen LogP contribution is -2.37. The molecule has 1 aromatic carbocycles. The molecular formula is C16H16F2N2O2. The number of carbonyl (C=O) groups is 1. The first-order valence-corrected chi connectivity index (χ1v) is 6.74. The molecule has 22 heavy (non-hydrogen) atoms. The van der Waals surface area contributed by atoms with Crippen molar-refractivity contribution in [3.8, 4) is 0 Å². The maximum Gasteiger partial charge on any atom is 0.253 e. The second kappa shape index (κ2) is 6.62. The van der Waals surface area contributed by atoms with Crippen molar-refractivity contribution in [2.45, 2.75) is 26.0 Å². The maximum absolute atomic E-state index is 13.2. The van der Waals surface area contributed by atoms with Crippen molar-refractivity contribution in [1.29, 1.82) is 0 Å². The number of aliphatic hydroxyl groups is 1. The van der Waals surface area contributed by atoms with Gasteiger partial charge in [0, 0.05) is 12.4 Å². The summed E-state index contributed by atoms with van der Waals surface area (Å²) in [7, 11) is 0. The fraction of sp³-hybridized carbons (Fsp3) is 0.250. The van der Waals surface area contributed by atoms with Crippen molar-refractivity contribution in [1.82, 2.24) is 10.3 Å². The van der Waals surface area contributed by atoms with E-state index in [9.17, 15) is 18.7 Å². The molecule has 0 aliphatic carbocycles. The van der Waals surface area contributed by atoms with E-state index < -0.39 is 29.7 Å². The summed E-state index contributed by atoms with van der Waals surface area (Å²) in [6.45, 7) is 3.39. The van der Waals surface area contributed by atoms with Gasteiger partial charge in [-0.15, -0.1) is 0 Å². The zero-order valence-corrected chi connectivity index (χ0v) is 12.2. The molecule has 4 nitrogen and oxygen atoms in total. The minimum absolute atomic E-state index is 0.189. The van der Waals surface area contributed by atoms with Gasteiger partial charge in [-0.25, -0.2) is 8.78 Å². The van der Waals surface area contributed by atoms with Crippen LogP contribution in [0.1, 0.15) is 34.5 Å². The highest BCUT2D eigenvalue weighted by molar-refractivity contribution is 5.94. The topological polar surface area (TPSA) is 62.2 Å². The number of rotatable bonds is 4. The van der Waals surface area contributed by atoms with Crippen molar-refractivity contribution in [3.05, 3.63) is 65.0 Å². The Morgan fingerprint density at radius 3 is 2.59 bits per heavy atom. The molecule has 1 heterocycles. The largest absolute Gasteiger partial charge is 0.386 e. The Morgan fingerprint density at radius 1 is 1.23 bits per heavy atom. The number of pyridine rings is 1. The summed E-state index contributed by atoms with van der Waals surface area (Å²) in [6, 6.07) is 4.11. The van der Waals surface area contributed by atoms with E-state index in [0.717, 1.165) is 17.7 Å². The number of aromatic nitrogens is 1. The van der Waals surface area contributed by atoms with Crippen LogP contribution in [0.4, 0.5) is 8.78 Å². The van der Waals surface area contributed by atoms with Crippen LogP contribution in [0.15, 0.2) is 36.7 Å². The second-order valence-corrected chi connectivity index (χ2v) is 5.13. The van der Waals surface area contributed by atoms with Crippen LogP contribution in [0.25, 0.3) is 0 Å². The highest BCUT2D eigenvalue weighted by Crippen LogP contribution is 2.19. The Hall–Kier alpha value is -2.34. The van der Waals surface area contributed by atoms with Crippen LogP contribution < -0.4 is 5.32 Å². The molecular weight excluding hydrogens is 290 g/mol. The summed E-state index contributed by atoms with van der Waals surface area (Å²) in [5, 5.41) is 12.7. The van der Waals surface area contributed by atoms with Crippen molar-refractivity contribution >= 4 is 5.91 Å². The van der Waals surface area contributed by atoms with Crippen LogP contribution in [0.5, 0.6) is 0 Å². The van der Waals surface area contributed by atoms with Gasteiger partial charge in [0.2, 0.25) is 0 Å². The average molecular weight is 306 g/mol. The Balaban J connectivity index is 2.09. The number of hydrogen-bond donors (Lipinski definition) is 2. The van der Waals surface area contributed by atoms with E-state index in [1.165, 1.54) is 12.3 Å². The van der Waals surface area contributed by atoms with Gasteiger partial charge < -0.3 is 10.4 Å². The average Bonchev–Trinajstić information content (AvgIpc) is 2.49. The molecule has 2 atom stereocenters. The quantitative estimate of drug-likeness (QED) is 0.912. The predicted molar refractivity (Wildman–Crippen MR) is 77.2 cm³/mol. The molecule has 2 rings (SSSR count). The second-order valence-electron chi connectivity index (χ2n) is 5.13. The summed E-state index contributed by atoms with van der Waals surface area (Å²) in [5.74, 6) is -2.43. The number of nitrogens with zero attached hydrogens (tertiary/aromatic N) is 1. The van der Waals surface area contributed by atoms with Gasteiger partial charge in [0.1, 0.15) is 0 Å². The van der Waals surface area contributed by atoms with Gasteiger partial charge in [0.05, 0.1) is 17.7 Å². The van der Waals surface area contributed by atoms with Crippen LogP contribution in [0, 0.1) is 18.6 Å². The van der Waals surface area contributed by atoms with Crippen LogP contribution in [-0.2, 0) is 0 Å². The van der Waals surface area contributed by atoms with Gasteiger partial charge in [-0.1, -0.05) is 6.07 Å². The lowest BCUT2D eigenvalue weighted by atomic mass is 10.0. The first-order chi connectivity index (χ1) is 10.4. The number of aliphatic hydroxyl groups excluding tert-OH is 1. The van der Waals surface area contributed by atoms with E-state index in [-0.39, 0.29) is 5.56 Å².